The van der Waals surface area contributed by atoms with Crippen molar-refractivity contribution in [2.75, 3.05) is 18.1 Å². The molecule has 0 radical (unpaired) electrons. The lowest BCUT2D eigenvalue weighted by molar-refractivity contribution is -0.137. The van der Waals surface area contributed by atoms with Gasteiger partial charge in [0.1, 0.15) is 12.6 Å². The van der Waals surface area contributed by atoms with Gasteiger partial charge in [-0.25, -0.2) is 13.2 Å². The first-order chi connectivity index (χ1) is 16.6. The van der Waals surface area contributed by atoms with Crippen molar-refractivity contribution >= 4 is 27.8 Å². The molecule has 2 aromatic carbocycles. The largest absolute Gasteiger partial charge is 0.481 e. The van der Waals surface area contributed by atoms with E-state index in [4.69, 9.17) is 9.84 Å². The molecule has 2 aliphatic rings. The number of nitrogens with one attached hydrogen (secondary N) is 2. The third-order valence-electron chi connectivity index (χ3n) is 6.56. The fourth-order valence-electron chi connectivity index (χ4n) is 4.81. The van der Waals surface area contributed by atoms with Gasteiger partial charge in [0.2, 0.25) is 5.91 Å². The summed E-state index contributed by atoms with van der Waals surface area (Å²) >= 11 is 0. The quantitative estimate of drug-likeness (QED) is 0.505. The molecule has 0 aromatic heterocycles. The number of amides is 2. The Morgan fingerprint density at radius 1 is 1.03 bits per heavy atom. The number of hydrogen-bond acceptors (Lipinski definition) is 6. The first kappa shape index (κ1) is 24.7. The van der Waals surface area contributed by atoms with Crippen LogP contribution in [0.3, 0.4) is 0 Å². The monoisotopic (exact) mass is 500 g/mol. The van der Waals surface area contributed by atoms with Gasteiger partial charge in [-0.3, -0.25) is 9.59 Å². The van der Waals surface area contributed by atoms with Gasteiger partial charge in [0.15, 0.2) is 9.84 Å². The molecule has 2 amide bonds. The van der Waals surface area contributed by atoms with E-state index in [0.717, 1.165) is 22.3 Å². The summed E-state index contributed by atoms with van der Waals surface area (Å²) < 4.78 is 29.2. The number of alkyl carbamates (subject to hydrolysis) is 1. The number of fused-ring (bicyclic) bond motifs is 3. The maximum Gasteiger partial charge on any atom is 0.407 e. The van der Waals surface area contributed by atoms with E-state index in [1.165, 1.54) is 0 Å². The van der Waals surface area contributed by atoms with Crippen molar-refractivity contribution in [1.29, 1.82) is 0 Å². The number of hydrogen-bond donors (Lipinski definition) is 3. The van der Waals surface area contributed by atoms with Crippen LogP contribution in [0.4, 0.5) is 4.79 Å². The minimum Gasteiger partial charge on any atom is -0.481 e. The summed E-state index contributed by atoms with van der Waals surface area (Å²) in [5.41, 5.74) is 4.24. The summed E-state index contributed by atoms with van der Waals surface area (Å²) in [6.45, 7) is 1.77. The summed E-state index contributed by atoms with van der Waals surface area (Å²) in [5.74, 6) is -2.40. The number of carboxylic acids is 1. The molecule has 1 saturated heterocycles. The molecule has 3 N–H and O–H groups in total. The van der Waals surface area contributed by atoms with E-state index in [0.29, 0.717) is 0 Å². The highest BCUT2D eigenvalue weighted by Gasteiger charge is 2.37. The second-order valence-corrected chi connectivity index (χ2v) is 11.3. The van der Waals surface area contributed by atoms with Crippen molar-refractivity contribution < 1.29 is 32.6 Å². The molecule has 1 aliphatic carbocycles. The maximum atomic E-state index is 12.8. The first-order valence-corrected chi connectivity index (χ1v) is 13.3. The average molecular weight is 501 g/mol. The van der Waals surface area contributed by atoms with Gasteiger partial charge in [0.05, 0.1) is 11.5 Å². The van der Waals surface area contributed by atoms with Crippen molar-refractivity contribution in [2.24, 2.45) is 5.92 Å². The standard InChI is InChI=1S/C25H28N2O7S/c1-15-13-35(32,33)14-22(15)26-24(30)21(10-11-23(28)29)27-25(31)34-12-20-18-8-4-2-6-16(18)17-7-3-5-9-19(17)20/h2-9,15,20-22H,10-14H2,1H3,(H,26,30)(H,27,31)(H,28,29). The van der Waals surface area contributed by atoms with Crippen molar-refractivity contribution in [2.45, 2.75) is 37.8 Å². The van der Waals surface area contributed by atoms with E-state index in [9.17, 15) is 22.8 Å². The smallest absolute Gasteiger partial charge is 0.407 e. The zero-order valence-corrected chi connectivity index (χ0v) is 20.1. The third kappa shape index (κ3) is 5.64. The van der Waals surface area contributed by atoms with Crippen LogP contribution in [0, 0.1) is 5.92 Å². The van der Waals surface area contributed by atoms with Gasteiger partial charge in [-0.2, -0.15) is 0 Å². The van der Waals surface area contributed by atoms with Gasteiger partial charge in [-0.15, -0.1) is 0 Å². The molecule has 186 valence electrons. The number of carbonyl (C=O) groups is 3. The van der Waals surface area contributed by atoms with E-state index in [2.05, 4.69) is 10.6 Å². The van der Waals surface area contributed by atoms with Crippen LogP contribution in [0.5, 0.6) is 0 Å². The molecule has 4 rings (SSSR count). The van der Waals surface area contributed by atoms with Crippen molar-refractivity contribution in [1.82, 2.24) is 10.6 Å². The van der Waals surface area contributed by atoms with Gasteiger partial charge in [0.25, 0.3) is 0 Å². The summed E-state index contributed by atoms with van der Waals surface area (Å²) in [4.78, 5) is 36.5. The zero-order valence-electron chi connectivity index (χ0n) is 19.3. The van der Waals surface area contributed by atoms with Crippen LogP contribution in [0.1, 0.15) is 36.8 Å². The predicted molar refractivity (Wildman–Crippen MR) is 129 cm³/mol. The first-order valence-electron chi connectivity index (χ1n) is 11.5. The highest BCUT2D eigenvalue weighted by atomic mass is 32.2. The second kappa shape index (κ2) is 10.1. The van der Waals surface area contributed by atoms with Gasteiger partial charge in [0, 0.05) is 18.4 Å². The third-order valence-corrected chi connectivity index (χ3v) is 8.46. The summed E-state index contributed by atoms with van der Waals surface area (Å²) in [6.07, 6.45) is -1.34. The number of ether oxygens (including phenoxy) is 1. The van der Waals surface area contributed by atoms with E-state index in [1.54, 1.807) is 6.92 Å². The SMILES string of the molecule is CC1CS(=O)(=O)CC1NC(=O)C(CCC(=O)O)NC(=O)OCC1c2ccccc2-c2ccccc21. The lowest BCUT2D eigenvalue weighted by atomic mass is 9.98. The van der Waals surface area contributed by atoms with Crippen molar-refractivity contribution in [3.05, 3.63) is 59.7 Å². The van der Waals surface area contributed by atoms with Crippen LogP contribution in [0.15, 0.2) is 48.5 Å². The molecular formula is C25H28N2O7S. The molecule has 3 unspecified atom stereocenters. The lowest BCUT2D eigenvalue weighted by Crippen LogP contribution is -2.51. The predicted octanol–water partition coefficient (Wildman–Crippen LogP) is 2.31. The minimum absolute atomic E-state index is 0.0302. The number of carboxylic acid groups (broad SMARTS) is 1. The number of benzene rings is 2. The van der Waals surface area contributed by atoms with E-state index >= 15 is 0 Å². The summed E-state index contributed by atoms with van der Waals surface area (Å²) in [5, 5.41) is 14.2. The summed E-state index contributed by atoms with van der Waals surface area (Å²) in [6, 6.07) is 14.0. The number of aliphatic carboxylic acids is 1. The van der Waals surface area contributed by atoms with E-state index < -0.39 is 39.9 Å². The molecule has 1 fully saturated rings. The topological polar surface area (TPSA) is 139 Å². The Morgan fingerprint density at radius 2 is 1.63 bits per heavy atom. The van der Waals surface area contributed by atoms with Crippen LogP contribution in [-0.2, 0) is 24.2 Å². The van der Waals surface area contributed by atoms with Crippen LogP contribution in [0.25, 0.3) is 11.1 Å². The second-order valence-electron chi connectivity index (χ2n) is 9.12. The van der Waals surface area contributed by atoms with Crippen molar-refractivity contribution in [3.8, 4) is 11.1 Å². The Balaban J connectivity index is 1.41. The number of rotatable bonds is 8. The summed E-state index contributed by atoms with van der Waals surface area (Å²) in [7, 11) is -3.25. The van der Waals surface area contributed by atoms with Gasteiger partial charge in [-0.1, -0.05) is 55.5 Å². The van der Waals surface area contributed by atoms with E-state index in [-0.39, 0.29) is 42.8 Å². The Morgan fingerprint density at radius 3 is 2.17 bits per heavy atom. The molecule has 1 heterocycles. The Hall–Kier alpha value is -3.40. The molecular weight excluding hydrogens is 472 g/mol. The lowest BCUT2D eigenvalue weighted by Gasteiger charge is -2.22. The Labute approximate surface area is 203 Å². The fraction of sp³-hybridized carbons (Fsp3) is 0.400. The molecule has 1 aliphatic heterocycles. The molecule has 2 aromatic rings. The Bertz CT molecular complexity index is 1200. The highest BCUT2D eigenvalue weighted by molar-refractivity contribution is 7.91. The van der Waals surface area contributed by atoms with Gasteiger partial charge >= 0.3 is 12.1 Å². The molecule has 3 atom stereocenters. The molecule has 0 bridgehead atoms. The molecule has 0 spiro atoms. The van der Waals surface area contributed by atoms with Crippen LogP contribution >= 0.6 is 0 Å². The number of carbonyl (C=O) groups excluding carboxylic acids is 2. The molecule has 0 saturated carbocycles. The number of sulfone groups is 1. The van der Waals surface area contributed by atoms with Crippen LogP contribution in [0.2, 0.25) is 0 Å². The molecule has 35 heavy (non-hydrogen) atoms. The minimum atomic E-state index is -3.25. The molecule has 9 nitrogen and oxygen atoms in total. The van der Waals surface area contributed by atoms with Gasteiger partial charge in [-0.05, 0) is 34.6 Å². The Kier molecular flexibility index (Phi) is 7.11. The highest BCUT2D eigenvalue weighted by Crippen LogP contribution is 2.44. The average Bonchev–Trinajstić information content (AvgIpc) is 3.27. The zero-order chi connectivity index (χ0) is 25.2. The van der Waals surface area contributed by atoms with Crippen molar-refractivity contribution in [3.63, 3.8) is 0 Å². The normalized spacial score (nSPS) is 20.9. The van der Waals surface area contributed by atoms with E-state index in [1.807, 2.05) is 48.5 Å². The molecule has 10 heteroatoms. The van der Waals surface area contributed by atoms with Crippen LogP contribution < -0.4 is 10.6 Å². The maximum absolute atomic E-state index is 12.8. The van der Waals surface area contributed by atoms with Crippen LogP contribution in [-0.4, -0.2) is 61.7 Å². The van der Waals surface area contributed by atoms with Gasteiger partial charge < -0.3 is 20.5 Å². The fourth-order valence-corrected chi connectivity index (χ4v) is 6.94.